The van der Waals surface area contributed by atoms with Gasteiger partial charge in [0.05, 0.1) is 31.4 Å². The molecule has 0 saturated heterocycles. The Labute approximate surface area is 181 Å². The summed E-state index contributed by atoms with van der Waals surface area (Å²) >= 11 is 5.66. The largest absolute Gasteiger partial charge is 0.466 e. The molecule has 156 valence electrons. The minimum absolute atomic E-state index is 0.422. The van der Waals surface area contributed by atoms with Crippen LogP contribution in [0.5, 0.6) is 0 Å². The smallest absolute Gasteiger partial charge is 0.337 e. The third kappa shape index (κ3) is 3.93. The molecule has 0 saturated carbocycles. The molecule has 1 atom stereocenters. The number of rotatable bonds is 4. The van der Waals surface area contributed by atoms with Crippen molar-refractivity contribution in [3.05, 3.63) is 76.0 Å². The van der Waals surface area contributed by atoms with Gasteiger partial charge in [-0.1, -0.05) is 18.2 Å². The molecule has 1 aliphatic heterocycles. The second-order valence-electron chi connectivity index (χ2n) is 7.09. The summed E-state index contributed by atoms with van der Waals surface area (Å²) in [6.45, 7) is 5.93. The van der Waals surface area contributed by atoms with Crippen molar-refractivity contribution >= 4 is 35.0 Å². The average molecular weight is 425 g/mol. The molecule has 30 heavy (non-hydrogen) atoms. The summed E-state index contributed by atoms with van der Waals surface area (Å²) in [6.07, 6.45) is 0. The molecule has 0 bridgehead atoms. The lowest BCUT2D eigenvalue weighted by Crippen LogP contribution is -2.48. The Morgan fingerprint density at radius 1 is 0.933 bits per heavy atom. The number of nitrogens with zero attached hydrogens (tertiary/aromatic N) is 1. The number of methoxy groups -OCH3 is 2. The van der Waals surface area contributed by atoms with Gasteiger partial charge in [-0.25, -0.2) is 9.59 Å². The number of carbonyl (C=O) groups is 2. The molecule has 1 aliphatic rings. The van der Waals surface area contributed by atoms with E-state index in [0.717, 1.165) is 16.8 Å². The lowest BCUT2D eigenvalue weighted by molar-refractivity contribution is -0.136. The molecular weight excluding hydrogens is 400 g/mol. The predicted molar refractivity (Wildman–Crippen MR) is 119 cm³/mol. The first kappa shape index (κ1) is 21.5. The SMILES string of the molecule is COC(=O)C1=C(C)N(c2ccc(C)c(C)c2)C(=S)NC1c1ccc(C(=O)OC)cc1. The highest BCUT2D eigenvalue weighted by Gasteiger charge is 2.35. The fourth-order valence-corrected chi connectivity index (χ4v) is 3.83. The minimum atomic E-state index is -0.501. The molecule has 7 heteroatoms. The lowest BCUT2D eigenvalue weighted by Gasteiger charge is -2.37. The number of hydrogen-bond donors (Lipinski definition) is 1. The summed E-state index contributed by atoms with van der Waals surface area (Å²) in [6, 6.07) is 12.4. The Morgan fingerprint density at radius 3 is 2.13 bits per heavy atom. The van der Waals surface area contributed by atoms with Gasteiger partial charge in [-0.15, -0.1) is 0 Å². The predicted octanol–water partition coefficient (Wildman–Crippen LogP) is 3.97. The number of esters is 2. The summed E-state index contributed by atoms with van der Waals surface area (Å²) in [7, 11) is 2.69. The normalized spacial score (nSPS) is 16.2. The van der Waals surface area contributed by atoms with E-state index < -0.39 is 18.0 Å². The van der Waals surface area contributed by atoms with Gasteiger partial charge < -0.3 is 14.8 Å². The van der Waals surface area contributed by atoms with Crippen molar-refractivity contribution in [1.29, 1.82) is 0 Å². The molecule has 0 spiro atoms. The maximum atomic E-state index is 12.7. The van der Waals surface area contributed by atoms with E-state index in [4.69, 9.17) is 21.7 Å². The average Bonchev–Trinajstić information content (AvgIpc) is 2.74. The second-order valence-corrected chi connectivity index (χ2v) is 7.48. The van der Waals surface area contributed by atoms with Gasteiger partial charge in [0, 0.05) is 11.4 Å². The van der Waals surface area contributed by atoms with Gasteiger partial charge in [0.25, 0.3) is 0 Å². The topological polar surface area (TPSA) is 67.9 Å². The highest BCUT2D eigenvalue weighted by Crippen LogP contribution is 2.34. The number of carbonyl (C=O) groups excluding carboxylic acids is 2. The molecule has 3 rings (SSSR count). The van der Waals surface area contributed by atoms with Crippen molar-refractivity contribution in [2.24, 2.45) is 0 Å². The molecule has 0 fully saturated rings. The van der Waals surface area contributed by atoms with Crippen LogP contribution in [0, 0.1) is 13.8 Å². The monoisotopic (exact) mass is 424 g/mol. The summed E-state index contributed by atoms with van der Waals surface area (Å²) in [4.78, 5) is 26.3. The van der Waals surface area contributed by atoms with Crippen LogP contribution in [-0.2, 0) is 14.3 Å². The lowest BCUT2D eigenvalue weighted by atomic mass is 9.94. The molecule has 0 amide bonds. The van der Waals surface area contributed by atoms with Crippen molar-refractivity contribution in [2.45, 2.75) is 26.8 Å². The molecule has 0 aromatic heterocycles. The number of anilines is 1. The van der Waals surface area contributed by atoms with E-state index >= 15 is 0 Å². The maximum absolute atomic E-state index is 12.7. The fourth-order valence-electron chi connectivity index (χ4n) is 3.47. The second kappa shape index (κ2) is 8.67. The van der Waals surface area contributed by atoms with Crippen LogP contribution in [0.25, 0.3) is 0 Å². The number of ether oxygens (including phenoxy) is 2. The van der Waals surface area contributed by atoms with Crippen molar-refractivity contribution in [1.82, 2.24) is 5.32 Å². The van der Waals surface area contributed by atoms with Gasteiger partial charge in [-0.3, -0.25) is 4.90 Å². The minimum Gasteiger partial charge on any atom is -0.466 e. The Hall–Kier alpha value is -3.19. The van der Waals surface area contributed by atoms with Crippen LogP contribution in [0.15, 0.2) is 53.7 Å². The number of hydrogen-bond acceptors (Lipinski definition) is 5. The standard InChI is InChI=1S/C23H24N2O4S/c1-13-6-11-18(12-14(13)2)25-15(3)19(22(27)29-5)20(24-23(25)30)16-7-9-17(10-8-16)21(26)28-4/h6-12,20H,1-5H3,(H,24,30). The first-order valence-electron chi connectivity index (χ1n) is 9.43. The Balaban J connectivity index is 2.08. The fraction of sp³-hybridized carbons (Fsp3) is 0.261. The highest BCUT2D eigenvalue weighted by molar-refractivity contribution is 7.80. The van der Waals surface area contributed by atoms with Gasteiger partial charge in [-0.05, 0) is 73.9 Å². The van der Waals surface area contributed by atoms with E-state index in [0.29, 0.717) is 21.9 Å². The highest BCUT2D eigenvalue weighted by atomic mass is 32.1. The van der Waals surface area contributed by atoms with Gasteiger partial charge in [0.15, 0.2) is 5.11 Å². The first-order chi connectivity index (χ1) is 14.3. The van der Waals surface area contributed by atoms with Gasteiger partial charge >= 0.3 is 11.9 Å². The summed E-state index contributed by atoms with van der Waals surface area (Å²) < 4.78 is 9.82. The van der Waals surface area contributed by atoms with Gasteiger partial charge in [0.1, 0.15) is 0 Å². The Morgan fingerprint density at radius 2 is 1.57 bits per heavy atom. The van der Waals surface area contributed by atoms with E-state index in [2.05, 4.69) is 5.32 Å². The maximum Gasteiger partial charge on any atom is 0.337 e. The van der Waals surface area contributed by atoms with Gasteiger partial charge in [0.2, 0.25) is 0 Å². The molecule has 0 radical (unpaired) electrons. The molecule has 1 unspecified atom stereocenters. The van der Waals surface area contributed by atoms with Crippen LogP contribution in [0.2, 0.25) is 0 Å². The van der Waals surface area contributed by atoms with Gasteiger partial charge in [-0.2, -0.15) is 0 Å². The molecule has 6 nitrogen and oxygen atoms in total. The van der Waals surface area contributed by atoms with Crippen LogP contribution in [0.3, 0.4) is 0 Å². The van der Waals surface area contributed by atoms with E-state index in [1.807, 2.05) is 43.9 Å². The zero-order valence-electron chi connectivity index (χ0n) is 17.6. The van der Waals surface area contributed by atoms with Crippen LogP contribution >= 0.6 is 12.2 Å². The Kier molecular flexibility index (Phi) is 6.22. The van der Waals surface area contributed by atoms with Crippen molar-refractivity contribution in [3.8, 4) is 0 Å². The third-order valence-electron chi connectivity index (χ3n) is 5.30. The van der Waals surface area contributed by atoms with E-state index in [1.54, 1.807) is 24.3 Å². The van der Waals surface area contributed by atoms with E-state index in [-0.39, 0.29) is 0 Å². The van der Waals surface area contributed by atoms with Crippen LogP contribution < -0.4 is 10.2 Å². The van der Waals surface area contributed by atoms with Crippen LogP contribution in [-0.4, -0.2) is 31.3 Å². The Bertz CT molecular complexity index is 1040. The van der Waals surface area contributed by atoms with E-state index in [1.165, 1.54) is 19.8 Å². The summed E-state index contributed by atoms with van der Waals surface area (Å²) in [5.74, 6) is -0.868. The van der Waals surface area contributed by atoms with Crippen molar-refractivity contribution < 1.29 is 19.1 Å². The first-order valence-corrected chi connectivity index (χ1v) is 9.84. The van der Waals surface area contributed by atoms with E-state index in [9.17, 15) is 9.59 Å². The summed E-state index contributed by atoms with van der Waals surface area (Å²) in [5, 5.41) is 3.73. The van der Waals surface area contributed by atoms with Crippen LogP contribution in [0.4, 0.5) is 5.69 Å². The van der Waals surface area contributed by atoms with Crippen molar-refractivity contribution in [3.63, 3.8) is 0 Å². The zero-order chi connectivity index (χ0) is 22.0. The molecule has 1 N–H and O–H groups in total. The molecule has 1 heterocycles. The number of allylic oxidation sites excluding steroid dienone is 1. The summed E-state index contributed by atoms with van der Waals surface area (Å²) in [5.41, 5.74) is 5.53. The molecular formula is C23H24N2O4S. The number of benzene rings is 2. The zero-order valence-corrected chi connectivity index (χ0v) is 18.4. The number of thiocarbonyl (C=S) groups is 1. The van der Waals surface area contributed by atoms with Crippen molar-refractivity contribution in [2.75, 3.05) is 19.1 Å². The number of nitrogens with one attached hydrogen (secondary N) is 1. The molecule has 0 aliphatic carbocycles. The number of aryl methyl sites for hydroxylation is 2. The molecule has 2 aromatic rings. The third-order valence-corrected chi connectivity index (χ3v) is 5.60. The van der Waals surface area contributed by atoms with Crippen LogP contribution in [0.1, 0.15) is 40.0 Å². The molecule has 2 aromatic carbocycles. The quantitative estimate of drug-likeness (QED) is 0.588.